The van der Waals surface area contributed by atoms with E-state index in [1.54, 1.807) is 4.52 Å². The molecule has 8 heteroatoms. The topological polar surface area (TPSA) is 90.0 Å². The van der Waals surface area contributed by atoms with E-state index < -0.39 is 0 Å². The number of aryl methyl sites for hydroxylation is 3. The Morgan fingerprint density at radius 2 is 1.96 bits per heavy atom. The summed E-state index contributed by atoms with van der Waals surface area (Å²) in [6, 6.07) is 2.46. The highest BCUT2D eigenvalue weighted by Crippen LogP contribution is 2.44. The Balaban J connectivity index is 1.42. The van der Waals surface area contributed by atoms with Gasteiger partial charge in [0, 0.05) is 23.3 Å². The molecule has 0 saturated heterocycles. The maximum Gasteiger partial charge on any atom is 0.257 e. The van der Waals surface area contributed by atoms with Crippen molar-refractivity contribution in [3.8, 4) is 0 Å². The maximum atomic E-state index is 12.9. The second-order valence-electron chi connectivity index (χ2n) is 7.77. The van der Waals surface area contributed by atoms with Gasteiger partial charge in [0.1, 0.15) is 11.4 Å². The molecule has 2 aliphatic carbocycles. The molecule has 0 aliphatic heterocycles. The molecular formula is C19H23N7O. The Hall–Kier alpha value is -2.77. The molecule has 8 nitrogen and oxygen atoms in total. The lowest BCUT2D eigenvalue weighted by molar-refractivity contribution is 0.0950. The number of rotatable bonds is 5. The lowest BCUT2D eigenvalue weighted by atomic mass is 10.2. The molecule has 3 aromatic heterocycles. The first kappa shape index (κ1) is 16.4. The van der Waals surface area contributed by atoms with Crippen molar-refractivity contribution < 1.29 is 4.79 Å². The van der Waals surface area contributed by atoms with Crippen LogP contribution in [0.25, 0.3) is 5.65 Å². The van der Waals surface area contributed by atoms with E-state index in [1.165, 1.54) is 25.7 Å². The van der Waals surface area contributed by atoms with Gasteiger partial charge in [0.15, 0.2) is 11.5 Å². The van der Waals surface area contributed by atoms with Crippen LogP contribution in [0, 0.1) is 20.8 Å². The van der Waals surface area contributed by atoms with Gasteiger partial charge in [0.25, 0.3) is 5.91 Å². The summed E-state index contributed by atoms with van der Waals surface area (Å²) in [6.45, 7) is 6.11. The number of fused-ring (bicyclic) bond motifs is 1. The van der Waals surface area contributed by atoms with Crippen molar-refractivity contribution in [3.05, 3.63) is 40.4 Å². The fourth-order valence-corrected chi connectivity index (χ4v) is 3.75. The second kappa shape index (κ2) is 5.87. The Labute approximate surface area is 157 Å². The fourth-order valence-electron chi connectivity index (χ4n) is 3.75. The molecule has 1 N–H and O–H groups in total. The summed E-state index contributed by atoms with van der Waals surface area (Å²) >= 11 is 0. The minimum Gasteiger partial charge on any atom is -0.345 e. The highest BCUT2D eigenvalue weighted by atomic mass is 16.1. The molecule has 2 aliphatic rings. The Bertz CT molecular complexity index is 1060. The molecule has 0 spiro atoms. The van der Waals surface area contributed by atoms with Crippen LogP contribution in [0.1, 0.15) is 76.7 Å². The summed E-state index contributed by atoms with van der Waals surface area (Å²) in [5.74, 6) is 2.34. The van der Waals surface area contributed by atoms with Crippen molar-refractivity contribution in [2.75, 3.05) is 0 Å². The highest BCUT2D eigenvalue weighted by Gasteiger charge is 2.36. The molecule has 2 fully saturated rings. The van der Waals surface area contributed by atoms with Crippen LogP contribution in [0.4, 0.5) is 0 Å². The van der Waals surface area contributed by atoms with E-state index >= 15 is 0 Å². The minimum absolute atomic E-state index is 0.168. The molecular weight excluding hydrogens is 342 g/mol. The van der Waals surface area contributed by atoms with Gasteiger partial charge in [-0.25, -0.2) is 9.50 Å². The monoisotopic (exact) mass is 365 g/mol. The van der Waals surface area contributed by atoms with E-state index in [-0.39, 0.29) is 5.91 Å². The maximum absolute atomic E-state index is 12.9. The first-order valence-corrected chi connectivity index (χ1v) is 9.58. The summed E-state index contributed by atoms with van der Waals surface area (Å²) in [5, 5.41) is 16.3. The van der Waals surface area contributed by atoms with Crippen molar-refractivity contribution in [1.29, 1.82) is 0 Å². The molecule has 5 rings (SSSR count). The van der Waals surface area contributed by atoms with Crippen molar-refractivity contribution in [1.82, 2.24) is 34.7 Å². The van der Waals surface area contributed by atoms with Gasteiger partial charge in [0.2, 0.25) is 0 Å². The van der Waals surface area contributed by atoms with E-state index in [9.17, 15) is 4.79 Å². The molecule has 1 amide bonds. The molecule has 3 heterocycles. The molecule has 0 atom stereocenters. The summed E-state index contributed by atoms with van der Waals surface area (Å²) in [6.07, 6.45) is 4.75. The molecule has 2 saturated carbocycles. The molecule has 140 valence electrons. The highest BCUT2D eigenvalue weighted by molar-refractivity contribution is 6.01. The first-order valence-electron chi connectivity index (χ1n) is 9.58. The number of nitrogens with one attached hydrogen (secondary N) is 1. The predicted octanol–water partition coefficient (Wildman–Crippen LogP) is 2.39. The number of amides is 1. The normalized spacial score (nSPS) is 16.9. The average molecular weight is 365 g/mol. The van der Waals surface area contributed by atoms with Crippen LogP contribution in [0.5, 0.6) is 0 Å². The van der Waals surface area contributed by atoms with Crippen molar-refractivity contribution in [2.45, 2.75) is 65.0 Å². The Kier molecular flexibility index (Phi) is 3.57. The zero-order chi connectivity index (χ0) is 18.7. The summed E-state index contributed by atoms with van der Waals surface area (Å²) in [5.41, 5.74) is 3.64. The van der Waals surface area contributed by atoms with Crippen LogP contribution < -0.4 is 5.32 Å². The zero-order valence-corrected chi connectivity index (χ0v) is 15.9. The van der Waals surface area contributed by atoms with Crippen LogP contribution in [-0.2, 0) is 6.54 Å². The van der Waals surface area contributed by atoms with Gasteiger partial charge < -0.3 is 9.88 Å². The van der Waals surface area contributed by atoms with Gasteiger partial charge in [-0.2, -0.15) is 5.10 Å². The average Bonchev–Trinajstić information content (AvgIpc) is 3.55. The van der Waals surface area contributed by atoms with Crippen molar-refractivity contribution in [2.24, 2.45) is 0 Å². The van der Waals surface area contributed by atoms with E-state index in [2.05, 4.69) is 30.2 Å². The van der Waals surface area contributed by atoms with Crippen molar-refractivity contribution in [3.63, 3.8) is 0 Å². The quantitative estimate of drug-likeness (QED) is 0.750. The third-order valence-electron chi connectivity index (χ3n) is 5.35. The van der Waals surface area contributed by atoms with Gasteiger partial charge in [-0.05, 0) is 52.5 Å². The van der Waals surface area contributed by atoms with Crippen LogP contribution in [-0.4, -0.2) is 35.3 Å². The first-order chi connectivity index (χ1) is 13.0. The number of hydrogen-bond acceptors (Lipinski definition) is 5. The SMILES string of the molecule is Cc1cc(C)n2nc(C)c(C(=O)NCc3nnc(C4CC4)n3C3CC3)c2n1. The van der Waals surface area contributed by atoms with E-state index in [0.29, 0.717) is 35.4 Å². The largest absolute Gasteiger partial charge is 0.345 e. The van der Waals surface area contributed by atoms with Crippen molar-refractivity contribution >= 4 is 11.6 Å². The van der Waals surface area contributed by atoms with E-state index in [4.69, 9.17) is 0 Å². The van der Waals surface area contributed by atoms with E-state index in [0.717, 1.165) is 23.0 Å². The molecule has 3 aromatic rings. The molecule has 0 aromatic carbocycles. The number of hydrogen-bond donors (Lipinski definition) is 1. The zero-order valence-electron chi connectivity index (χ0n) is 15.9. The van der Waals surface area contributed by atoms with Gasteiger partial charge in [-0.3, -0.25) is 4.79 Å². The molecule has 0 unspecified atom stereocenters. The molecule has 27 heavy (non-hydrogen) atoms. The van der Waals surface area contributed by atoms with Crippen LogP contribution in [0.15, 0.2) is 6.07 Å². The number of nitrogens with zero attached hydrogens (tertiary/aromatic N) is 6. The third kappa shape index (κ3) is 2.79. The number of carbonyl (C=O) groups is 1. The molecule has 0 radical (unpaired) electrons. The minimum atomic E-state index is -0.168. The summed E-state index contributed by atoms with van der Waals surface area (Å²) < 4.78 is 3.99. The number of aromatic nitrogens is 6. The summed E-state index contributed by atoms with van der Waals surface area (Å²) in [7, 11) is 0. The third-order valence-corrected chi connectivity index (χ3v) is 5.35. The lowest BCUT2D eigenvalue weighted by Crippen LogP contribution is -2.25. The van der Waals surface area contributed by atoms with Gasteiger partial charge >= 0.3 is 0 Å². The van der Waals surface area contributed by atoms with Gasteiger partial charge in [-0.15, -0.1) is 10.2 Å². The van der Waals surface area contributed by atoms with E-state index in [1.807, 2.05) is 26.8 Å². The standard InChI is InChI=1S/C19H23N7O/c1-10-8-11(2)26-18(21-10)16(12(3)24-26)19(27)20-9-15-22-23-17(13-4-5-13)25(15)14-6-7-14/h8,13-14H,4-7,9H2,1-3H3,(H,20,27). The fraction of sp³-hybridized carbons (Fsp3) is 0.526. The second-order valence-corrected chi connectivity index (χ2v) is 7.77. The van der Waals surface area contributed by atoms with Crippen LogP contribution in [0.2, 0.25) is 0 Å². The summed E-state index contributed by atoms with van der Waals surface area (Å²) in [4.78, 5) is 17.5. The Morgan fingerprint density at radius 1 is 1.19 bits per heavy atom. The Morgan fingerprint density at radius 3 is 2.67 bits per heavy atom. The number of carbonyl (C=O) groups excluding carboxylic acids is 1. The lowest BCUT2D eigenvalue weighted by Gasteiger charge is -2.09. The van der Waals surface area contributed by atoms with Crippen LogP contribution >= 0.6 is 0 Å². The van der Waals surface area contributed by atoms with Crippen LogP contribution in [0.3, 0.4) is 0 Å². The predicted molar refractivity (Wildman–Crippen MR) is 98.6 cm³/mol. The van der Waals surface area contributed by atoms with Gasteiger partial charge in [0.05, 0.1) is 12.2 Å². The molecule has 0 bridgehead atoms. The van der Waals surface area contributed by atoms with Gasteiger partial charge in [-0.1, -0.05) is 0 Å². The smallest absolute Gasteiger partial charge is 0.257 e.